The Hall–Kier alpha value is -1.75. The third kappa shape index (κ3) is 4.38. The molecule has 0 bridgehead atoms. The largest absolute Gasteiger partial charge is 0.381 e. The maximum absolute atomic E-state index is 12.1. The van der Waals surface area contributed by atoms with Crippen LogP contribution in [-0.2, 0) is 4.74 Å². The van der Waals surface area contributed by atoms with Crippen LogP contribution < -0.4 is 15.5 Å². The molecule has 1 aromatic carbocycles. The Bertz CT molecular complexity index is 500. The van der Waals surface area contributed by atoms with Gasteiger partial charge in [0.2, 0.25) is 0 Å². The van der Waals surface area contributed by atoms with Gasteiger partial charge in [0, 0.05) is 38.0 Å². The molecule has 2 aliphatic rings. The number of amides is 2. The Morgan fingerprint density at radius 3 is 2.39 bits per heavy atom. The Morgan fingerprint density at radius 1 is 1.04 bits per heavy atom. The van der Waals surface area contributed by atoms with Crippen LogP contribution in [0.1, 0.15) is 32.1 Å². The number of benzene rings is 1. The number of hydrogen-bond acceptors (Lipinski definition) is 3. The second kappa shape index (κ2) is 7.68. The van der Waals surface area contributed by atoms with Crippen LogP contribution in [0.15, 0.2) is 30.3 Å². The highest BCUT2D eigenvalue weighted by Gasteiger charge is 2.27. The quantitative estimate of drug-likeness (QED) is 0.897. The van der Waals surface area contributed by atoms with Crippen molar-refractivity contribution in [3.8, 4) is 0 Å². The van der Waals surface area contributed by atoms with Crippen LogP contribution in [0.2, 0.25) is 0 Å². The number of ether oxygens (including phenoxy) is 1. The number of carbonyl (C=O) groups excluding carboxylic acids is 1. The van der Waals surface area contributed by atoms with Crippen molar-refractivity contribution in [2.45, 2.75) is 50.3 Å². The normalized spacial score (nSPS) is 25.3. The highest BCUT2D eigenvalue weighted by molar-refractivity contribution is 5.74. The Balaban J connectivity index is 1.39. The molecule has 0 unspecified atom stereocenters. The summed E-state index contributed by atoms with van der Waals surface area (Å²) in [6, 6.07) is 11.0. The Morgan fingerprint density at radius 2 is 1.74 bits per heavy atom. The van der Waals surface area contributed by atoms with Gasteiger partial charge in [0.05, 0.1) is 6.10 Å². The SMILES string of the molecule is CO[C@@H]1CC[C@@H](NC(=O)NC2CCN(c3ccccc3)CC2)C1. The number of carbonyl (C=O) groups is 1. The number of urea groups is 1. The third-order valence-corrected chi connectivity index (χ3v) is 5.00. The van der Waals surface area contributed by atoms with Crippen molar-refractivity contribution in [1.82, 2.24) is 10.6 Å². The van der Waals surface area contributed by atoms with Gasteiger partial charge in [0.25, 0.3) is 0 Å². The molecular formula is C18H27N3O2. The molecule has 2 amide bonds. The van der Waals surface area contributed by atoms with E-state index in [4.69, 9.17) is 4.74 Å². The fraction of sp³-hybridized carbons (Fsp3) is 0.611. The molecule has 126 valence electrons. The number of rotatable bonds is 4. The van der Waals surface area contributed by atoms with E-state index in [0.717, 1.165) is 45.2 Å². The van der Waals surface area contributed by atoms with Crippen molar-refractivity contribution in [2.75, 3.05) is 25.1 Å². The van der Waals surface area contributed by atoms with Crippen LogP contribution in [0.25, 0.3) is 0 Å². The summed E-state index contributed by atoms with van der Waals surface area (Å²) < 4.78 is 5.35. The van der Waals surface area contributed by atoms with E-state index in [2.05, 4.69) is 39.8 Å². The zero-order valence-corrected chi connectivity index (χ0v) is 13.8. The van der Waals surface area contributed by atoms with E-state index in [0.29, 0.717) is 6.10 Å². The molecule has 1 aliphatic carbocycles. The molecular weight excluding hydrogens is 290 g/mol. The molecule has 0 spiro atoms. The molecule has 3 rings (SSSR count). The average molecular weight is 317 g/mol. The summed E-state index contributed by atoms with van der Waals surface area (Å²) in [7, 11) is 1.74. The molecule has 23 heavy (non-hydrogen) atoms. The maximum atomic E-state index is 12.1. The summed E-state index contributed by atoms with van der Waals surface area (Å²) in [4.78, 5) is 14.5. The first-order valence-electron chi connectivity index (χ1n) is 8.64. The topological polar surface area (TPSA) is 53.6 Å². The van der Waals surface area contributed by atoms with Gasteiger partial charge in [-0.15, -0.1) is 0 Å². The molecule has 0 aromatic heterocycles. The summed E-state index contributed by atoms with van der Waals surface area (Å²) in [6.07, 6.45) is 5.27. The predicted molar refractivity (Wildman–Crippen MR) is 91.8 cm³/mol. The zero-order valence-electron chi connectivity index (χ0n) is 13.8. The number of methoxy groups -OCH3 is 1. The molecule has 5 nitrogen and oxygen atoms in total. The van der Waals surface area contributed by atoms with Crippen LogP contribution in [0.3, 0.4) is 0 Å². The van der Waals surface area contributed by atoms with Crippen LogP contribution in [0.5, 0.6) is 0 Å². The van der Waals surface area contributed by atoms with Gasteiger partial charge in [-0.3, -0.25) is 0 Å². The minimum absolute atomic E-state index is 0.0232. The summed E-state index contributed by atoms with van der Waals surface area (Å²) in [6.45, 7) is 1.98. The molecule has 1 saturated heterocycles. The Kier molecular flexibility index (Phi) is 5.39. The fourth-order valence-corrected chi connectivity index (χ4v) is 3.62. The van der Waals surface area contributed by atoms with Crippen molar-refractivity contribution >= 4 is 11.7 Å². The highest BCUT2D eigenvalue weighted by atomic mass is 16.5. The summed E-state index contributed by atoms with van der Waals surface area (Å²) in [5.74, 6) is 0. The van der Waals surface area contributed by atoms with Crippen molar-refractivity contribution in [2.24, 2.45) is 0 Å². The van der Waals surface area contributed by atoms with E-state index in [1.807, 2.05) is 6.07 Å². The van der Waals surface area contributed by atoms with E-state index < -0.39 is 0 Å². The van der Waals surface area contributed by atoms with Crippen molar-refractivity contribution in [1.29, 1.82) is 0 Å². The molecule has 2 N–H and O–H groups in total. The molecule has 2 atom stereocenters. The van der Waals surface area contributed by atoms with Gasteiger partial charge in [0.15, 0.2) is 0 Å². The van der Waals surface area contributed by atoms with Crippen LogP contribution >= 0.6 is 0 Å². The lowest BCUT2D eigenvalue weighted by Crippen LogP contribution is -2.49. The Labute approximate surface area is 138 Å². The van der Waals surface area contributed by atoms with E-state index >= 15 is 0 Å². The summed E-state index contributed by atoms with van der Waals surface area (Å²) >= 11 is 0. The number of nitrogens with zero attached hydrogens (tertiary/aromatic N) is 1. The zero-order chi connectivity index (χ0) is 16.1. The smallest absolute Gasteiger partial charge is 0.315 e. The van der Waals surface area contributed by atoms with Gasteiger partial charge in [-0.2, -0.15) is 0 Å². The lowest BCUT2D eigenvalue weighted by molar-refractivity contribution is 0.107. The van der Waals surface area contributed by atoms with Crippen LogP contribution in [0, 0.1) is 0 Å². The van der Waals surface area contributed by atoms with Gasteiger partial charge in [-0.1, -0.05) is 18.2 Å². The lowest BCUT2D eigenvalue weighted by Gasteiger charge is -2.34. The monoisotopic (exact) mass is 317 g/mol. The number of anilines is 1. The molecule has 2 fully saturated rings. The number of hydrogen-bond donors (Lipinski definition) is 2. The minimum atomic E-state index is -0.0232. The molecule has 5 heteroatoms. The first-order chi connectivity index (χ1) is 11.2. The average Bonchev–Trinajstić information content (AvgIpc) is 3.04. The predicted octanol–water partition coefficient (Wildman–Crippen LogP) is 2.52. The van der Waals surface area contributed by atoms with E-state index in [-0.39, 0.29) is 18.1 Å². The van der Waals surface area contributed by atoms with Gasteiger partial charge in [0.1, 0.15) is 0 Å². The first kappa shape index (κ1) is 16.1. The minimum Gasteiger partial charge on any atom is -0.381 e. The lowest BCUT2D eigenvalue weighted by atomic mass is 10.0. The summed E-state index contributed by atoms with van der Waals surface area (Å²) in [5, 5.41) is 6.22. The standard InChI is InChI=1S/C18H27N3O2/c1-23-17-8-7-15(13-17)20-18(22)19-14-9-11-21(12-10-14)16-5-3-2-4-6-16/h2-6,14-15,17H,7-13H2,1H3,(H2,19,20,22)/t15-,17-/m1/s1. The van der Waals surface area contributed by atoms with Gasteiger partial charge in [-0.05, 0) is 44.2 Å². The van der Waals surface area contributed by atoms with E-state index in [9.17, 15) is 4.79 Å². The van der Waals surface area contributed by atoms with Crippen LogP contribution in [-0.4, -0.2) is 44.4 Å². The maximum Gasteiger partial charge on any atom is 0.315 e. The van der Waals surface area contributed by atoms with Crippen molar-refractivity contribution in [3.63, 3.8) is 0 Å². The molecule has 1 aromatic rings. The number of nitrogens with one attached hydrogen (secondary N) is 2. The summed E-state index contributed by atoms with van der Waals surface area (Å²) in [5.41, 5.74) is 1.27. The van der Waals surface area contributed by atoms with Gasteiger partial charge in [-0.25, -0.2) is 4.79 Å². The molecule has 1 saturated carbocycles. The second-order valence-electron chi connectivity index (χ2n) is 6.58. The number of piperidine rings is 1. The highest BCUT2D eigenvalue weighted by Crippen LogP contribution is 2.22. The fourth-order valence-electron chi connectivity index (χ4n) is 3.62. The first-order valence-corrected chi connectivity index (χ1v) is 8.64. The van der Waals surface area contributed by atoms with Gasteiger partial charge < -0.3 is 20.3 Å². The van der Waals surface area contributed by atoms with E-state index in [1.165, 1.54) is 5.69 Å². The van der Waals surface area contributed by atoms with Crippen molar-refractivity contribution < 1.29 is 9.53 Å². The van der Waals surface area contributed by atoms with E-state index in [1.54, 1.807) is 7.11 Å². The van der Waals surface area contributed by atoms with Crippen molar-refractivity contribution in [3.05, 3.63) is 30.3 Å². The van der Waals surface area contributed by atoms with Crippen LogP contribution in [0.4, 0.5) is 10.5 Å². The molecule has 1 heterocycles. The third-order valence-electron chi connectivity index (χ3n) is 5.00. The molecule has 0 radical (unpaired) electrons. The second-order valence-corrected chi connectivity index (χ2v) is 6.58. The number of para-hydroxylation sites is 1. The van der Waals surface area contributed by atoms with Gasteiger partial charge >= 0.3 is 6.03 Å². The molecule has 1 aliphatic heterocycles.